The van der Waals surface area contributed by atoms with E-state index in [2.05, 4.69) is 17.6 Å². The molecular formula is C15H28N2O. The molecule has 0 bridgehead atoms. The minimum atomic E-state index is 0.220. The molecule has 0 radical (unpaired) electrons. The molecule has 2 rings (SSSR count). The predicted molar refractivity (Wildman–Crippen MR) is 74.4 cm³/mol. The van der Waals surface area contributed by atoms with Crippen LogP contribution in [0.25, 0.3) is 0 Å². The zero-order chi connectivity index (χ0) is 12.8. The summed E-state index contributed by atoms with van der Waals surface area (Å²) in [6.07, 6.45) is 11.3. The number of hydrogen-bond donors (Lipinski definition) is 2. The monoisotopic (exact) mass is 252 g/mol. The maximum atomic E-state index is 11.6. The van der Waals surface area contributed by atoms with Crippen LogP contribution in [0.3, 0.4) is 0 Å². The minimum Gasteiger partial charge on any atom is -0.353 e. The molecule has 0 aromatic rings. The Kier molecular flexibility index (Phi) is 5.48. The van der Waals surface area contributed by atoms with Gasteiger partial charge in [-0.3, -0.25) is 4.79 Å². The molecule has 1 atom stereocenters. The average molecular weight is 252 g/mol. The van der Waals surface area contributed by atoms with Gasteiger partial charge in [0.05, 0.1) is 0 Å². The molecule has 0 aromatic carbocycles. The van der Waals surface area contributed by atoms with Crippen molar-refractivity contribution in [3.05, 3.63) is 0 Å². The Hall–Kier alpha value is -0.570. The molecule has 18 heavy (non-hydrogen) atoms. The van der Waals surface area contributed by atoms with E-state index in [-0.39, 0.29) is 5.91 Å². The SMILES string of the molecule is C[C@H](NCCC(=O)NC1CC1)C1CCCCCC1. The molecule has 0 spiro atoms. The van der Waals surface area contributed by atoms with Crippen LogP contribution < -0.4 is 10.6 Å². The second-order valence-electron chi connectivity index (χ2n) is 6.09. The zero-order valence-electron chi connectivity index (χ0n) is 11.7. The van der Waals surface area contributed by atoms with Crippen molar-refractivity contribution in [3.63, 3.8) is 0 Å². The van der Waals surface area contributed by atoms with E-state index >= 15 is 0 Å². The molecule has 0 aliphatic heterocycles. The number of carbonyl (C=O) groups excluding carboxylic acids is 1. The minimum absolute atomic E-state index is 0.220. The summed E-state index contributed by atoms with van der Waals surface area (Å²) in [5.41, 5.74) is 0. The van der Waals surface area contributed by atoms with Crippen molar-refractivity contribution in [2.24, 2.45) is 5.92 Å². The fourth-order valence-electron chi connectivity index (χ4n) is 2.92. The van der Waals surface area contributed by atoms with Gasteiger partial charge in [0.1, 0.15) is 0 Å². The van der Waals surface area contributed by atoms with Crippen LogP contribution in [-0.2, 0) is 4.79 Å². The van der Waals surface area contributed by atoms with Crippen LogP contribution in [0, 0.1) is 5.92 Å². The van der Waals surface area contributed by atoms with Gasteiger partial charge in [-0.15, -0.1) is 0 Å². The summed E-state index contributed by atoms with van der Waals surface area (Å²) in [7, 11) is 0. The first-order valence-corrected chi connectivity index (χ1v) is 7.78. The van der Waals surface area contributed by atoms with Crippen LogP contribution in [0.1, 0.15) is 64.7 Å². The van der Waals surface area contributed by atoms with Crippen molar-refractivity contribution in [3.8, 4) is 0 Å². The van der Waals surface area contributed by atoms with Gasteiger partial charge in [0.2, 0.25) is 5.91 Å². The fraction of sp³-hybridized carbons (Fsp3) is 0.933. The fourth-order valence-corrected chi connectivity index (χ4v) is 2.92. The summed E-state index contributed by atoms with van der Waals surface area (Å²) in [5, 5.41) is 6.58. The summed E-state index contributed by atoms with van der Waals surface area (Å²) in [5.74, 6) is 1.04. The van der Waals surface area contributed by atoms with E-state index in [1.165, 1.54) is 51.4 Å². The Morgan fingerprint density at radius 3 is 2.39 bits per heavy atom. The van der Waals surface area contributed by atoms with E-state index in [0.29, 0.717) is 18.5 Å². The van der Waals surface area contributed by atoms with Gasteiger partial charge < -0.3 is 10.6 Å². The number of carbonyl (C=O) groups is 1. The lowest BCUT2D eigenvalue weighted by atomic mass is 9.93. The van der Waals surface area contributed by atoms with Crippen molar-refractivity contribution in [1.82, 2.24) is 10.6 Å². The van der Waals surface area contributed by atoms with E-state index in [9.17, 15) is 4.79 Å². The van der Waals surface area contributed by atoms with Crippen molar-refractivity contribution >= 4 is 5.91 Å². The number of rotatable bonds is 6. The van der Waals surface area contributed by atoms with E-state index in [0.717, 1.165) is 12.5 Å². The van der Waals surface area contributed by atoms with Gasteiger partial charge in [-0.25, -0.2) is 0 Å². The molecule has 0 saturated heterocycles. The quantitative estimate of drug-likeness (QED) is 0.713. The second-order valence-corrected chi connectivity index (χ2v) is 6.09. The van der Waals surface area contributed by atoms with Gasteiger partial charge in [0, 0.05) is 25.0 Å². The Labute approximate surface area is 111 Å². The molecule has 2 fully saturated rings. The van der Waals surface area contributed by atoms with Crippen LogP contribution in [0.4, 0.5) is 0 Å². The maximum absolute atomic E-state index is 11.6. The van der Waals surface area contributed by atoms with Crippen molar-refractivity contribution in [2.75, 3.05) is 6.54 Å². The summed E-state index contributed by atoms with van der Waals surface area (Å²) in [4.78, 5) is 11.6. The van der Waals surface area contributed by atoms with Crippen molar-refractivity contribution < 1.29 is 4.79 Å². The number of amides is 1. The summed E-state index contributed by atoms with van der Waals surface area (Å²) in [6, 6.07) is 1.06. The Morgan fingerprint density at radius 1 is 1.11 bits per heavy atom. The van der Waals surface area contributed by atoms with Crippen LogP contribution in [0.15, 0.2) is 0 Å². The van der Waals surface area contributed by atoms with Gasteiger partial charge in [-0.05, 0) is 38.5 Å². The first-order chi connectivity index (χ1) is 8.75. The zero-order valence-corrected chi connectivity index (χ0v) is 11.7. The van der Waals surface area contributed by atoms with Crippen LogP contribution in [-0.4, -0.2) is 24.5 Å². The van der Waals surface area contributed by atoms with Crippen molar-refractivity contribution in [1.29, 1.82) is 0 Å². The molecule has 2 saturated carbocycles. The standard InChI is InChI=1S/C15H28N2O/c1-12(13-6-4-2-3-5-7-13)16-11-10-15(18)17-14-8-9-14/h12-14,16H,2-11H2,1H3,(H,17,18)/t12-/m0/s1. The van der Waals surface area contributed by atoms with Gasteiger partial charge in [-0.1, -0.05) is 25.7 Å². The normalized spacial score (nSPS) is 23.4. The lowest BCUT2D eigenvalue weighted by molar-refractivity contribution is -0.121. The van der Waals surface area contributed by atoms with Gasteiger partial charge >= 0.3 is 0 Å². The van der Waals surface area contributed by atoms with E-state index in [1.54, 1.807) is 0 Å². The molecule has 3 nitrogen and oxygen atoms in total. The van der Waals surface area contributed by atoms with Crippen LogP contribution in [0.5, 0.6) is 0 Å². The first-order valence-electron chi connectivity index (χ1n) is 7.78. The largest absolute Gasteiger partial charge is 0.353 e. The van der Waals surface area contributed by atoms with E-state index in [1.807, 2.05) is 0 Å². The number of hydrogen-bond acceptors (Lipinski definition) is 2. The van der Waals surface area contributed by atoms with E-state index in [4.69, 9.17) is 0 Å². The molecular weight excluding hydrogens is 224 g/mol. The first kappa shape index (κ1) is 13.9. The summed E-state index contributed by atoms with van der Waals surface area (Å²) in [6.45, 7) is 3.12. The molecule has 0 heterocycles. The molecule has 104 valence electrons. The molecule has 1 amide bonds. The van der Waals surface area contributed by atoms with Gasteiger partial charge in [0.15, 0.2) is 0 Å². The Morgan fingerprint density at radius 2 is 1.78 bits per heavy atom. The third kappa shape index (κ3) is 4.97. The lowest BCUT2D eigenvalue weighted by Crippen LogP contribution is -2.36. The van der Waals surface area contributed by atoms with Gasteiger partial charge in [0.25, 0.3) is 0 Å². The van der Waals surface area contributed by atoms with Crippen LogP contribution >= 0.6 is 0 Å². The van der Waals surface area contributed by atoms with Crippen molar-refractivity contribution in [2.45, 2.75) is 76.8 Å². The highest BCUT2D eigenvalue weighted by molar-refractivity contribution is 5.76. The highest BCUT2D eigenvalue weighted by Gasteiger charge is 2.23. The lowest BCUT2D eigenvalue weighted by Gasteiger charge is -2.23. The molecule has 0 aromatic heterocycles. The highest BCUT2D eigenvalue weighted by Crippen LogP contribution is 2.25. The molecule has 2 N–H and O–H groups in total. The maximum Gasteiger partial charge on any atom is 0.221 e. The molecule has 2 aliphatic carbocycles. The summed E-state index contributed by atoms with van der Waals surface area (Å²) < 4.78 is 0. The van der Waals surface area contributed by atoms with Crippen LogP contribution in [0.2, 0.25) is 0 Å². The third-order valence-electron chi connectivity index (χ3n) is 4.37. The average Bonchev–Trinajstić information content (AvgIpc) is 3.14. The highest BCUT2D eigenvalue weighted by atomic mass is 16.1. The van der Waals surface area contributed by atoms with Gasteiger partial charge in [-0.2, -0.15) is 0 Å². The Bertz CT molecular complexity index is 255. The predicted octanol–water partition coefficient (Wildman–Crippen LogP) is 2.60. The molecule has 3 heteroatoms. The van der Waals surface area contributed by atoms with E-state index < -0.39 is 0 Å². The number of nitrogens with one attached hydrogen (secondary N) is 2. The molecule has 2 aliphatic rings. The Balaban J connectivity index is 1.57. The smallest absolute Gasteiger partial charge is 0.221 e. The third-order valence-corrected chi connectivity index (χ3v) is 4.37. The molecule has 0 unspecified atom stereocenters. The summed E-state index contributed by atoms with van der Waals surface area (Å²) >= 11 is 0. The topological polar surface area (TPSA) is 41.1 Å². The second kappa shape index (κ2) is 7.13.